The van der Waals surface area contributed by atoms with Crippen molar-refractivity contribution in [1.29, 1.82) is 0 Å². The van der Waals surface area contributed by atoms with Crippen molar-refractivity contribution in [2.24, 2.45) is 17.8 Å². The summed E-state index contributed by atoms with van der Waals surface area (Å²) < 4.78 is 13.6. The molecule has 2 saturated carbocycles. The molecule has 0 atom stereocenters. The van der Waals surface area contributed by atoms with Crippen molar-refractivity contribution in [2.45, 2.75) is 70.6 Å². The van der Waals surface area contributed by atoms with Gasteiger partial charge in [-0.3, -0.25) is 0 Å². The first-order chi connectivity index (χ1) is 11.6. The van der Waals surface area contributed by atoms with E-state index in [9.17, 15) is 14.3 Å². The summed E-state index contributed by atoms with van der Waals surface area (Å²) in [5, 5.41) is 9.37. The lowest BCUT2D eigenvalue weighted by atomic mass is 9.68. The fraction of sp³-hybridized carbons (Fsp3) is 0.667. The van der Waals surface area contributed by atoms with Crippen molar-refractivity contribution < 1.29 is 14.3 Å². The van der Waals surface area contributed by atoms with Crippen LogP contribution in [0.2, 0.25) is 0 Å². The average molecular weight is 332 g/mol. The standard InChI is InChI=1S/C21H29FO2/c1-2-14-3-5-15(6-4-14)16-7-9-17(10-8-16)20-13-18(22)11-12-19(20)21(23)24/h11-17H,2-10H2,1H3,(H,23,24)/t14-,15-,16?,17?. The number of hydrogen-bond acceptors (Lipinski definition) is 1. The number of aromatic carboxylic acids is 1. The summed E-state index contributed by atoms with van der Waals surface area (Å²) >= 11 is 0. The lowest BCUT2D eigenvalue weighted by molar-refractivity contribution is 0.0694. The number of halogens is 1. The number of rotatable bonds is 4. The van der Waals surface area contributed by atoms with Gasteiger partial charge in [-0.25, -0.2) is 9.18 Å². The van der Waals surface area contributed by atoms with Gasteiger partial charge >= 0.3 is 5.97 Å². The normalized spacial score (nSPS) is 30.9. The Morgan fingerprint density at radius 1 is 1.04 bits per heavy atom. The molecule has 0 unspecified atom stereocenters. The highest BCUT2D eigenvalue weighted by atomic mass is 19.1. The van der Waals surface area contributed by atoms with E-state index >= 15 is 0 Å². The van der Waals surface area contributed by atoms with Crippen molar-refractivity contribution in [3.8, 4) is 0 Å². The fourth-order valence-corrected chi connectivity index (χ4v) is 5.04. The summed E-state index contributed by atoms with van der Waals surface area (Å²) in [6, 6.07) is 4.12. The first-order valence-electron chi connectivity index (χ1n) is 9.61. The average Bonchev–Trinajstić information content (AvgIpc) is 2.61. The third kappa shape index (κ3) is 3.81. The second kappa shape index (κ2) is 7.67. The fourth-order valence-electron chi connectivity index (χ4n) is 5.04. The van der Waals surface area contributed by atoms with Crippen LogP contribution in [0.1, 0.15) is 86.6 Å². The maximum absolute atomic E-state index is 13.6. The minimum atomic E-state index is -0.940. The van der Waals surface area contributed by atoms with Gasteiger partial charge in [0.15, 0.2) is 0 Å². The van der Waals surface area contributed by atoms with Gasteiger partial charge in [0.25, 0.3) is 0 Å². The highest BCUT2D eigenvalue weighted by molar-refractivity contribution is 5.89. The van der Waals surface area contributed by atoms with Crippen molar-refractivity contribution in [3.05, 3.63) is 35.1 Å². The Bertz CT molecular complexity index is 567. The number of carboxylic acids is 1. The highest BCUT2D eigenvalue weighted by Crippen LogP contribution is 2.44. The Hall–Kier alpha value is -1.38. The summed E-state index contributed by atoms with van der Waals surface area (Å²) in [6.07, 6.45) is 11.2. The molecule has 0 heterocycles. The highest BCUT2D eigenvalue weighted by Gasteiger charge is 2.32. The Kier molecular flexibility index (Phi) is 5.57. The molecule has 2 aliphatic carbocycles. The molecule has 3 rings (SSSR count). The van der Waals surface area contributed by atoms with E-state index in [1.165, 1.54) is 63.1 Å². The predicted octanol–water partition coefficient (Wildman–Crippen LogP) is 6.01. The van der Waals surface area contributed by atoms with Crippen LogP contribution in [-0.4, -0.2) is 11.1 Å². The van der Waals surface area contributed by atoms with Crippen molar-refractivity contribution >= 4 is 5.97 Å². The van der Waals surface area contributed by atoms with Gasteiger partial charge in [0, 0.05) is 0 Å². The minimum Gasteiger partial charge on any atom is -0.478 e. The van der Waals surface area contributed by atoms with Crippen molar-refractivity contribution in [2.75, 3.05) is 0 Å². The van der Waals surface area contributed by atoms with E-state index < -0.39 is 5.97 Å². The third-order valence-corrected chi connectivity index (χ3v) is 6.59. The molecule has 2 fully saturated rings. The molecule has 2 nitrogen and oxygen atoms in total. The number of benzene rings is 1. The lowest BCUT2D eigenvalue weighted by Gasteiger charge is -2.38. The molecule has 0 radical (unpaired) electrons. The summed E-state index contributed by atoms with van der Waals surface area (Å²) in [7, 11) is 0. The topological polar surface area (TPSA) is 37.3 Å². The van der Waals surface area contributed by atoms with Crippen LogP contribution in [0.15, 0.2) is 18.2 Å². The lowest BCUT2D eigenvalue weighted by Crippen LogP contribution is -2.25. The Labute approximate surface area is 144 Å². The van der Waals surface area contributed by atoms with Crippen LogP contribution in [0.25, 0.3) is 0 Å². The van der Waals surface area contributed by atoms with Crippen LogP contribution >= 0.6 is 0 Å². The zero-order chi connectivity index (χ0) is 17.1. The van der Waals surface area contributed by atoms with Crippen molar-refractivity contribution in [1.82, 2.24) is 0 Å². The van der Waals surface area contributed by atoms with E-state index in [2.05, 4.69) is 6.92 Å². The molecule has 0 aromatic heterocycles. The van der Waals surface area contributed by atoms with E-state index in [4.69, 9.17) is 0 Å². The predicted molar refractivity (Wildman–Crippen MR) is 93.8 cm³/mol. The number of hydrogen-bond donors (Lipinski definition) is 1. The SMILES string of the molecule is CC[C@H]1CC[C@H](C2CCC(c3cc(F)ccc3C(=O)O)CC2)CC1. The molecule has 0 saturated heterocycles. The second-order valence-electron chi connectivity index (χ2n) is 7.84. The van der Waals surface area contributed by atoms with E-state index in [0.29, 0.717) is 5.56 Å². The van der Waals surface area contributed by atoms with E-state index in [0.717, 1.165) is 30.6 Å². The summed E-state index contributed by atoms with van der Waals surface area (Å²) in [5.74, 6) is 1.53. The van der Waals surface area contributed by atoms with E-state index in [-0.39, 0.29) is 17.3 Å². The van der Waals surface area contributed by atoms with Crippen molar-refractivity contribution in [3.63, 3.8) is 0 Å². The van der Waals surface area contributed by atoms with Gasteiger partial charge in [0.2, 0.25) is 0 Å². The summed E-state index contributed by atoms with van der Waals surface area (Å²) in [4.78, 5) is 11.4. The van der Waals surface area contributed by atoms with Gasteiger partial charge in [0.05, 0.1) is 5.56 Å². The molecule has 0 bridgehead atoms. The maximum Gasteiger partial charge on any atom is 0.335 e. The zero-order valence-electron chi connectivity index (χ0n) is 14.6. The molecule has 0 aliphatic heterocycles. The van der Waals surface area contributed by atoms with Gasteiger partial charge < -0.3 is 5.11 Å². The Balaban J connectivity index is 1.61. The quantitative estimate of drug-likeness (QED) is 0.732. The van der Waals surface area contributed by atoms with Crippen LogP contribution in [0, 0.1) is 23.6 Å². The smallest absolute Gasteiger partial charge is 0.335 e. The Morgan fingerprint density at radius 3 is 2.17 bits per heavy atom. The third-order valence-electron chi connectivity index (χ3n) is 6.59. The number of carboxylic acid groups (broad SMARTS) is 1. The molecular weight excluding hydrogens is 303 g/mol. The molecule has 1 aromatic carbocycles. The van der Waals surface area contributed by atoms with Crippen LogP contribution in [-0.2, 0) is 0 Å². The Morgan fingerprint density at radius 2 is 1.62 bits per heavy atom. The molecule has 24 heavy (non-hydrogen) atoms. The van der Waals surface area contributed by atoms with Crippen LogP contribution < -0.4 is 0 Å². The summed E-state index contributed by atoms with van der Waals surface area (Å²) in [6.45, 7) is 2.30. The van der Waals surface area contributed by atoms with Gasteiger partial charge in [-0.05, 0) is 86.0 Å². The molecule has 0 spiro atoms. The van der Waals surface area contributed by atoms with Gasteiger partial charge in [-0.15, -0.1) is 0 Å². The first-order valence-corrected chi connectivity index (χ1v) is 9.61. The van der Waals surface area contributed by atoms with Gasteiger partial charge in [-0.2, -0.15) is 0 Å². The molecule has 1 aromatic rings. The van der Waals surface area contributed by atoms with Gasteiger partial charge in [-0.1, -0.05) is 26.2 Å². The molecule has 0 amide bonds. The second-order valence-corrected chi connectivity index (χ2v) is 7.84. The molecular formula is C21H29FO2. The maximum atomic E-state index is 13.6. The molecule has 2 aliphatic rings. The summed E-state index contributed by atoms with van der Waals surface area (Å²) in [5.41, 5.74) is 0.985. The molecule has 3 heteroatoms. The largest absolute Gasteiger partial charge is 0.478 e. The first kappa shape index (κ1) is 17.4. The van der Waals surface area contributed by atoms with Crippen LogP contribution in [0.3, 0.4) is 0 Å². The van der Waals surface area contributed by atoms with E-state index in [1.54, 1.807) is 0 Å². The monoisotopic (exact) mass is 332 g/mol. The van der Waals surface area contributed by atoms with Gasteiger partial charge in [0.1, 0.15) is 5.82 Å². The number of carbonyl (C=O) groups is 1. The van der Waals surface area contributed by atoms with Crippen LogP contribution in [0.4, 0.5) is 4.39 Å². The molecule has 132 valence electrons. The zero-order valence-corrected chi connectivity index (χ0v) is 14.6. The van der Waals surface area contributed by atoms with Crippen LogP contribution in [0.5, 0.6) is 0 Å². The van der Waals surface area contributed by atoms with E-state index in [1.807, 2.05) is 0 Å². The molecule has 1 N–H and O–H groups in total. The minimum absolute atomic E-state index is 0.204.